The number of para-hydroxylation sites is 2. The summed E-state index contributed by atoms with van der Waals surface area (Å²) < 4.78 is 0. The van der Waals surface area contributed by atoms with Crippen LogP contribution in [0.5, 0.6) is 0 Å². The molecule has 6 heteroatoms. The van der Waals surface area contributed by atoms with Gasteiger partial charge in [0.2, 0.25) is 0 Å². The van der Waals surface area contributed by atoms with Crippen LogP contribution in [0.4, 0.5) is 17.1 Å². The highest BCUT2D eigenvalue weighted by Gasteiger charge is 2.22. The number of aliphatic hydroxyl groups is 1. The number of hydrogen-bond donors (Lipinski definition) is 4. The lowest BCUT2D eigenvalue weighted by Crippen LogP contribution is -2.39. The first-order valence-electron chi connectivity index (χ1n) is 10.3. The molecule has 0 bridgehead atoms. The van der Waals surface area contributed by atoms with Crippen molar-refractivity contribution in [3.05, 3.63) is 54.1 Å². The number of nitrogen functional groups attached to an aromatic ring is 1. The molecule has 1 heterocycles. The van der Waals surface area contributed by atoms with Crippen molar-refractivity contribution in [1.29, 1.82) is 0 Å². The van der Waals surface area contributed by atoms with Gasteiger partial charge in [0.1, 0.15) is 0 Å². The zero-order valence-electron chi connectivity index (χ0n) is 17.3. The highest BCUT2D eigenvalue weighted by molar-refractivity contribution is 6.05. The van der Waals surface area contributed by atoms with Gasteiger partial charge in [-0.05, 0) is 76.1 Å². The van der Waals surface area contributed by atoms with E-state index in [9.17, 15) is 9.90 Å². The van der Waals surface area contributed by atoms with Gasteiger partial charge in [-0.25, -0.2) is 0 Å². The van der Waals surface area contributed by atoms with Crippen molar-refractivity contribution in [2.45, 2.75) is 44.8 Å². The average Bonchev–Trinajstić information content (AvgIpc) is 2.88. The lowest BCUT2D eigenvalue weighted by molar-refractivity contribution is 0.0373. The number of nitrogens with zero attached hydrogens (tertiary/aromatic N) is 1. The van der Waals surface area contributed by atoms with E-state index < -0.39 is 5.60 Å². The topological polar surface area (TPSA) is 90.6 Å². The SMILES string of the molecule is CC(C)(O)CN1CCCC(Nc2ccc(C(=O)Nc3ccccc3N)cc2)CC1. The molecule has 0 spiro atoms. The van der Waals surface area contributed by atoms with Gasteiger partial charge in [0.25, 0.3) is 5.91 Å². The zero-order chi connectivity index (χ0) is 20.9. The van der Waals surface area contributed by atoms with E-state index >= 15 is 0 Å². The predicted octanol–water partition coefficient (Wildman–Crippen LogP) is 3.56. The van der Waals surface area contributed by atoms with E-state index in [1.54, 1.807) is 12.1 Å². The lowest BCUT2D eigenvalue weighted by Gasteiger charge is -2.27. The van der Waals surface area contributed by atoms with Crippen LogP contribution in [-0.2, 0) is 0 Å². The monoisotopic (exact) mass is 396 g/mol. The van der Waals surface area contributed by atoms with Gasteiger partial charge in [-0.3, -0.25) is 4.79 Å². The highest BCUT2D eigenvalue weighted by Crippen LogP contribution is 2.21. The number of anilines is 3. The van der Waals surface area contributed by atoms with Gasteiger partial charge in [0, 0.05) is 30.4 Å². The number of nitrogens with one attached hydrogen (secondary N) is 2. The lowest BCUT2D eigenvalue weighted by atomic mass is 10.1. The minimum atomic E-state index is -0.659. The summed E-state index contributed by atoms with van der Waals surface area (Å²) in [7, 11) is 0. The molecule has 2 aromatic carbocycles. The Morgan fingerprint density at radius 3 is 2.55 bits per heavy atom. The van der Waals surface area contributed by atoms with Gasteiger partial charge in [0.15, 0.2) is 0 Å². The first-order valence-corrected chi connectivity index (χ1v) is 10.3. The van der Waals surface area contributed by atoms with Crippen LogP contribution in [-0.4, -0.2) is 47.2 Å². The summed E-state index contributed by atoms with van der Waals surface area (Å²) in [6.07, 6.45) is 3.23. The van der Waals surface area contributed by atoms with E-state index in [0.717, 1.165) is 38.0 Å². The Hall–Kier alpha value is -2.57. The fourth-order valence-corrected chi connectivity index (χ4v) is 3.76. The van der Waals surface area contributed by atoms with E-state index in [2.05, 4.69) is 15.5 Å². The number of benzene rings is 2. The van der Waals surface area contributed by atoms with E-state index in [1.807, 2.05) is 50.2 Å². The molecule has 29 heavy (non-hydrogen) atoms. The van der Waals surface area contributed by atoms with E-state index in [0.29, 0.717) is 29.5 Å². The Morgan fingerprint density at radius 2 is 1.86 bits per heavy atom. The molecule has 2 aromatic rings. The molecule has 5 N–H and O–H groups in total. The smallest absolute Gasteiger partial charge is 0.255 e. The summed E-state index contributed by atoms with van der Waals surface area (Å²) in [4.78, 5) is 14.8. The van der Waals surface area contributed by atoms with Crippen LogP contribution in [0.2, 0.25) is 0 Å². The minimum Gasteiger partial charge on any atom is -0.397 e. The second-order valence-electron chi connectivity index (χ2n) is 8.48. The molecular formula is C23H32N4O2. The standard InChI is InChI=1S/C23H32N4O2/c1-23(2,29)16-27-14-5-6-18(13-15-27)25-19-11-9-17(10-12-19)22(28)26-21-8-4-3-7-20(21)24/h3-4,7-12,18,25,29H,5-6,13-16,24H2,1-2H3,(H,26,28). The molecule has 1 fully saturated rings. The maximum atomic E-state index is 12.5. The summed E-state index contributed by atoms with van der Waals surface area (Å²) in [5.41, 5.74) is 8.01. The quantitative estimate of drug-likeness (QED) is 0.561. The third kappa shape index (κ3) is 6.48. The summed E-state index contributed by atoms with van der Waals surface area (Å²) >= 11 is 0. The molecule has 1 aliphatic heterocycles. The molecule has 0 aromatic heterocycles. The number of carbonyl (C=O) groups is 1. The maximum Gasteiger partial charge on any atom is 0.255 e. The predicted molar refractivity (Wildman–Crippen MR) is 119 cm³/mol. The number of carbonyl (C=O) groups excluding carboxylic acids is 1. The van der Waals surface area contributed by atoms with Crippen molar-refractivity contribution in [2.75, 3.05) is 36.0 Å². The second kappa shape index (κ2) is 9.29. The largest absolute Gasteiger partial charge is 0.397 e. The summed E-state index contributed by atoms with van der Waals surface area (Å²) in [5, 5.41) is 16.5. The molecule has 1 amide bonds. The van der Waals surface area contributed by atoms with Crippen LogP contribution in [0.3, 0.4) is 0 Å². The van der Waals surface area contributed by atoms with Crippen LogP contribution in [0.15, 0.2) is 48.5 Å². The third-order valence-electron chi connectivity index (χ3n) is 5.16. The van der Waals surface area contributed by atoms with Crippen LogP contribution in [0.25, 0.3) is 0 Å². The Balaban J connectivity index is 1.54. The Kier molecular flexibility index (Phi) is 6.77. The van der Waals surface area contributed by atoms with Gasteiger partial charge >= 0.3 is 0 Å². The van der Waals surface area contributed by atoms with Crippen molar-refractivity contribution in [2.24, 2.45) is 0 Å². The van der Waals surface area contributed by atoms with E-state index in [-0.39, 0.29) is 5.91 Å². The second-order valence-corrected chi connectivity index (χ2v) is 8.48. The molecule has 1 unspecified atom stereocenters. The van der Waals surface area contributed by atoms with Crippen LogP contribution < -0.4 is 16.4 Å². The molecular weight excluding hydrogens is 364 g/mol. The molecule has 1 saturated heterocycles. The molecule has 3 rings (SSSR count). The molecule has 156 valence electrons. The van der Waals surface area contributed by atoms with Crippen LogP contribution in [0, 0.1) is 0 Å². The van der Waals surface area contributed by atoms with Crippen LogP contribution in [0.1, 0.15) is 43.5 Å². The first-order chi connectivity index (χ1) is 13.8. The van der Waals surface area contributed by atoms with Crippen molar-refractivity contribution < 1.29 is 9.90 Å². The number of amides is 1. The van der Waals surface area contributed by atoms with Crippen molar-refractivity contribution in [3.63, 3.8) is 0 Å². The fraction of sp³-hybridized carbons (Fsp3) is 0.435. The van der Waals surface area contributed by atoms with Gasteiger partial charge in [-0.1, -0.05) is 12.1 Å². The van der Waals surface area contributed by atoms with Gasteiger partial charge in [0.05, 0.1) is 17.0 Å². The van der Waals surface area contributed by atoms with E-state index in [4.69, 9.17) is 5.73 Å². The molecule has 0 saturated carbocycles. The van der Waals surface area contributed by atoms with Crippen molar-refractivity contribution in [3.8, 4) is 0 Å². The summed E-state index contributed by atoms with van der Waals surface area (Å²) in [5.74, 6) is -0.175. The number of nitrogens with two attached hydrogens (primary N) is 1. The average molecular weight is 397 g/mol. The summed E-state index contributed by atoms with van der Waals surface area (Å²) in [6, 6.07) is 15.2. The summed E-state index contributed by atoms with van der Waals surface area (Å²) in [6.45, 7) is 6.41. The van der Waals surface area contributed by atoms with Crippen molar-refractivity contribution in [1.82, 2.24) is 4.90 Å². The Morgan fingerprint density at radius 1 is 1.14 bits per heavy atom. The Labute approximate surface area is 173 Å². The number of likely N-dealkylation sites (tertiary alicyclic amines) is 1. The fourth-order valence-electron chi connectivity index (χ4n) is 3.76. The normalized spacial score (nSPS) is 18.1. The number of β-amino-alcohol motifs (C(OH)–C–C–N with tert-alkyl or cyclic N) is 1. The maximum absolute atomic E-state index is 12.5. The van der Waals surface area contributed by atoms with Gasteiger partial charge in [-0.15, -0.1) is 0 Å². The number of hydrogen-bond acceptors (Lipinski definition) is 5. The zero-order valence-corrected chi connectivity index (χ0v) is 17.3. The Bertz CT molecular complexity index is 814. The molecule has 0 radical (unpaired) electrons. The molecule has 1 aliphatic rings. The third-order valence-corrected chi connectivity index (χ3v) is 5.16. The van der Waals surface area contributed by atoms with Gasteiger partial charge in [-0.2, -0.15) is 0 Å². The van der Waals surface area contributed by atoms with Crippen LogP contribution >= 0.6 is 0 Å². The van der Waals surface area contributed by atoms with Crippen molar-refractivity contribution >= 4 is 23.0 Å². The molecule has 1 atom stereocenters. The minimum absolute atomic E-state index is 0.175. The highest BCUT2D eigenvalue weighted by atomic mass is 16.3. The number of rotatable bonds is 6. The van der Waals surface area contributed by atoms with E-state index in [1.165, 1.54) is 0 Å². The molecule has 0 aliphatic carbocycles. The first kappa shape index (κ1) is 21.1. The molecule has 6 nitrogen and oxygen atoms in total. The van der Waals surface area contributed by atoms with Gasteiger partial charge < -0.3 is 26.4 Å².